The van der Waals surface area contributed by atoms with Crippen molar-refractivity contribution >= 4 is 24.0 Å². The predicted octanol–water partition coefficient (Wildman–Crippen LogP) is 2.75. The molecule has 0 aliphatic carbocycles. The zero-order chi connectivity index (χ0) is 16.5. The molecule has 1 unspecified atom stereocenters. The van der Waals surface area contributed by atoms with Crippen LogP contribution in [0.15, 0.2) is 18.2 Å². The number of nitrogens with zero attached hydrogens (tertiary/aromatic N) is 2. The van der Waals surface area contributed by atoms with Crippen molar-refractivity contribution in [3.8, 4) is 0 Å². The summed E-state index contributed by atoms with van der Waals surface area (Å²) in [4.78, 5) is 25.2. The van der Waals surface area contributed by atoms with Gasteiger partial charge in [0, 0.05) is 42.9 Å². The Labute approximate surface area is 142 Å². The van der Waals surface area contributed by atoms with E-state index in [0.717, 1.165) is 6.54 Å². The zero-order valence-electron chi connectivity index (χ0n) is 14.0. The monoisotopic (exact) mass is 341 g/mol. The Balaban J connectivity index is 0.00000264. The lowest BCUT2D eigenvalue weighted by molar-refractivity contribution is -0.386. The Morgan fingerprint density at radius 1 is 1.39 bits per heavy atom. The Bertz CT molecular complexity index is 599. The van der Waals surface area contributed by atoms with Gasteiger partial charge in [0.05, 0.1) is 4.92 Å². The quantitative estimate of drug-likeness (QED) is 0.663. The van der Waals surface area contributed by atoms with Crippen LogP contribution in [0, 0.1) is 10.1 Å². The van der Waals surface area contributed by atoms with E-state index in [-0.39, 0.29) is 35.5 Å². The first-order valence-electron chi connectivity index (χ1n) is 7.51. The molecule has 0 bridgehead atoms. The molecule has 23 heavy (non-hydrogen) atoms. The highest BCUT2D eigenvalue weighted by Crippen LogP contribution is 2.32. The first kappa shape index (κ1) is 19.4. The van der Waals surface area contributed by atoms with Crippen LogP contribution in [-0.4, -0.2) is 41.4 Å². The summed E-state index contributed by atoms with van der Waals surface area (Å²) >= 11 is 0. The molecule has 1 fully saturated rings. The lowest BCUT2D eigenvalue weighted by Gasteiger charge is -2.32. The molecule has 6 nitrogen and oxygen atoms in total. The number of nitrogens with one attached hydrogen (secondary N) is 1. The highest BCUT2D eigenvalue weighted by Gasteiger charge is 2.28. The summed E-state index contributed by atoms with van der Waals surface area (Å²) in [6, 6.07) is 5.05. The van der Waals surface area contributed by atoms with Gasteiger partial charge in [0.2, 0.25) is 0 Å². The van der Waals surface area contributed by atoms with Crippen molar-refractivity contribution in [3.63, 3.8) is 0 Å². The number of carbonyl (C=O) groups excluding carboxylic acids is 1. The van der Waals surface area contributed by atoms with Gasteiger partial charge in [-0.05, 0) is 18.4 Å². The van der Waals surface area contributed by atoms with E-state index in [1.165, 1.54) is 6.07 Å². The van der Waals surface area contributed by atoms with Crippen LogP contribution in [0.25, 0.3) is 0 Å². The summed E-state index contributed by atoms with van der Waals surface area (Å²) in [5.41, 5.74) is 0.700. The van der Waals surface area contributed by atoms with Gasteiger partial charge in [0.25, 0.3) is 11.6 Å². The van der Waals surface area contributed by atoms with Crippen LogP contribution in [0.5, 0.6) is 0 Å². The second-order valence-electron chi connectivity index (χ2n) is 6.85. The highest BCUT2D eigenvalue weighted by atomic mass is 35.5. The smallest absolute Gasteiger partial charge is 0.273 e. The number of benzene rings is 1. The number of nitro benzene ring substituents is 1. The molecule has 1 aromatic rings. The second-order valence-corrected chi connectivity index (χ2v) is 6.85. The van der Waals surface area contributed by atoms with Crippen molar-refractivity contribution in [1.29, 1.82) is 0 Å². The van der Waals surface area contributed by atoms with Gasteiger partial charge < -0.3 is 10.2 Å². The third-order valence-electron chi connectivity index (χ3n) is 3.91. The molecule has 0 radical (unpaired) electrons. The fraction of sp³-hybridized carbons (Fsp3) is 0.562. The minimum atomic E-state index is -0.405. The molecule has 1 saturated heterocycles. The number of hydrogen-bond acceptors (Lipinski definition) is 4. The number of carbonyl (C=O) groups is 1. The van der Waals surface area contributed by atoms with Gasteiger partial charge in [0.1, 0.15) is 0 Å². The molecule has 1 aliphatic rings. The van der Waals surface area contributed by atoms with Crippen LogP contribution >= 0.6 is 12.4 Å². The first-order valence-corrected chi connectivity index (χ1v) is 7.51. The van der Waals surface area contributed by atoms with Crippen molar-refractivity contribution in [2.45, 2.75) is 39.2 Å². The lowest BCUT2D eigenvalue weighted by atomic mass is 9.85. The summed E-state index contributed by atoms with van der Waals surface area (Å²) in [6.45, 7) is 9.78. The van der Waals surface area contributed by atoms with Crippen LogP contribution < -0.4 is 5.32 Å². The SMILES string of the molecule is CC1CN(C(=O)c2ccc(C(C)(C)C)c([N+](=O)[O-])c2)CCN1.Cl. The Hall–Kier alpha value is -1.66. The third-order valence-corrected chi connectivity index (χ3v) is 3.91. The summed E-state index contributed by atoms with van der Waals surface area (Å²) in [6.07, 6.45) is 0. The number of piperazine rings is 1. The van der Waals surface area contributed by atoms with Crippen molar-refractivity contribution in [2.75, 3.05) is 19.6 Å². The number of halogens is 1. The van der Waals surface area contributed by atoms with Crippen molar-refractivity contribution in [2.24, 2.45) is 0 Å². The molecule has 1 heterocycles. The van der Waals surface area contributed by atoms with E-state index < -0.39 is 4.92 Å². The van der Waals surface area contributed by atoms with E-state index in [4.69, 9.17) is 0 Å². The van der Waals surface area contributed by atoms with E-state index in [1.807, 2.05) is 27.7 Å². The molecule has 1 N–H and O–H groups in total. The average Bonchev–Trinajstić information content (AvgIpc) is 2.44. The molecule has 2 rings (SSSR count). The highest BCUT2D eigenvalue weighted by molar-refractivity contribution is 5.95. The van der Waals surface area contributed by atoms with Crippen LogP contribution in [0.4, 0.5) is 5.69 Å². The van der Waals surface area contributed by atoms with Gasteiger partial charge in [-0.1, -0.05) is 26.8 Å². The molecule has 1 aliphatic heterocycles. The second kappa shape index (κ2) is 7.27. The largest absolute Gasteiger partial charge is 0.336 e. The van der Waals surface area contributed by atoms with Crippen molar-refractivity contribution in [1.82, 2.24) is 10.2 Å². The molecular formula is C16H24ClN3O3. The van der Waals surface area contributed by atoms with E-state index >= 15 is 0 Å². The standard InChI is InChI=1S/C16H23N3O3.ClH/c1-11-10-18(8-7-17-11)15(20)12-5-6-13(16(2,3)4)14(9-12)19(21)22;/h5-6,9,11,17H,7-8,10H2,1-4H3;1H. The molecule has 0 aromatic heterocycles. The Kier molecular flexibility index (Phi) is 6.13. The Morgan fingerprint density at radius 3 is 2.57 bits per heavy atom. The summed E-state index contributed by atoms with van der Waals surface area (Å²) < 4.78 is 0. The molecule has 1 atom stereocenters. The van der Waals surface area contributed by atoms with Gasteiger partial charge in [-0.3, -0.25) is 14.9 Å². The molecule has 0 spiro atoms. The van der Waals surface area contributed by atoms with Gasteiger partial charge in [-0.2, -0.15) is 0 Å². The van der Waals surface area contributed by atoms with Gasteiger partial charge >= 0.3 is 0 Å². The van der Waals surface area contributed by atoms with E-state index in [2.05, 4.69) is 5.32 Å². The third kappa shape index (κ3) is 4.42. The van der Waals surface area contributed by atoms with Crippen molar-refractivity contribution in [3.05, 3.63) is 39.4 Å². The van der Waals surface area contributed by atoms with E-state index in [9.17, 15) is 14.9 Å². The maximum absolute atomic E-state index is 12.6. The number of nitro groups is 1. The predicted molar refractivity (Wildman–Crippen MR) is 92.4 cm³/mol. The Morgan fingerprint density at radius 2 is 2.04 bits per heavy atom. The van der Waals surface area contributed by atoms with E-state index in [1.54, 1.807) is 17.0 Å². The lowest BCUT2D eigenvalue weighted by Crippen LogP contribution is -2.51. The fourth-order valence-corrected chi connectivity index (χ4v) is 2.75. The number of hydrogen-bond donors (Lipinski definition) is 1. The minimum absolute atomic E-state index is 0. The molecule has 7 heteroatoms. The van der Waals surface area contributed by atoms with Gasteiger partial charge in [-0.25, -0.2) is 0 Å². The molecule has 0 saturated carbocycles. The normalized spacial score (nSPS) is 18.3. The maximum atomic E-state index is 12.6. The molecular weight excluding hydrogens is 318 g/mol. The molecule has 1 amide bonds. The first-order chi connectivity index (χ1) is 10.2. The van der Waals surface area contributed by atoms with Gasteiger partial charge in [0.15, 0.2) is 0 Å². The summed E-state index contributed by atoms with van der Waals surface area (Å²) in [7, 11) is 0. The van der Waals surface area contributed by atoms with Crippen LogP contribution in [0.3, 0.4) is 0 Å². The van der Waals surface area contributed by atoms with Crippen LogP contribution in [0.2, 0.25) is 0 Å². The molecule has 1 aromatic carbocycles. The van der Waals surface area contributed by atoms with Crippen LogP contribution in [0.1, 0.15) is 43.6 Å². The van der Waals surface area contributed by atoms with Gasteiger partial charge in [-0.15, -0.1) is 12.4 Å². The van der Waals surface area contributed by atoms with Crippen molar-refractivity contribution < 1.29 is 9.72 Å². The van der Waals surface area contributed by atoms with Crippen LogP contribution in [-0.2, 0) is 5.41 Å². The number of amides is 1. The fourth-order valence-electron chi connectivity index (χ4n) is 2.75. The maximum Gasteiger partial charge on any atom is 0.273 e. The summed E-state index contributed by atoms with van der Waals surface area (Å²) in [5, 5.41) is 14.6. The minimum Gasteiger partial charge on any atom is -0.336 e. The summed E-state index contributed by atoms with van der Waals surface area (Å²) in [5.74, 6) is -0.142. The topological polar surface area (TPSA) is 75.5 Å². The molecule has 128 valence electrons. The zero-order valence-corrected chi connectivity index (χ0v) is 14.8. The average molecular weight is 342 g/mol. The number of rotatable bonds is 2. The van der Waals surface area contributed by atoms with E-state index in [0.29, 0.717) is 24.2 Å².